The van der Waals surface area contributed by atoms with Crippen LogP contribution in [0.1, 0.15) is 29.1 Å². The lowest BCUT2D eigenvalue weighted by molar-refractivity contribution is 0.0533. The third-order valence-corrected chi connectivity index (χ3v) is 4.30. The van der Waals surface area contributed by atoms with Gasteiger partial charge in [0.05, 0.1) is 12.3 Å². The third kappa shape index (κ3) is 2.90. The largest absolute Gasteiger partial charge is 0.462 e. The minimum Gasteiger partial charge on any atom is -0.462 e. The standard InChI is InChI=1S/C15H15F2NO2S/c1-3-9-12(18)14(15(19)20-4-2)21-13(9)10-7-8(16)5-6-11(10)17/h5-7H,3-4,18H2,1-2H3. The Morgan fingerprint density at radius 1 is 1.33 bits per heavy atom. The highest BCUT2D eigenvalue weighted by molar-refractivity contribution is 7.18. The number of ether oxygens (including phenoxy) is 1. The predicted octanol–water partition coefficient (Wildman–Crippen LogP) is 4.01. The maximum Gasteiger partial charge on any atom is 0.350 e. The van der Waals surface area contributed by atoms with Gasteiger partial charge >= 0.3 is 5.97 Å². The average Bonchev–Trinajstić information content (AvgIpc) is 2.78. The van der Waals surface area contributed by atoms with Crippen LogP contribution in [0.3, 0.4) is 0 Å². The molecule has 0 aliphatic rings. The van der Waals surface area contributed by atoms with Gasteiger partial charge in [0, 0.05) is 10.4 Å². The van der Waals surface area contributed by atoms with Crippen LogP contribution in [0, 0.1) is 11.6 Å². The maximum atomic E-state index is 13.9. The van der Waals surface area contributed by atoms with Gasteiger partial charge in [0.15, 0.2) is 0 Å². The summed E-state index contributed by atoms with van der Waals surface area (Å²) >= 11 is 1.03. The van der Waals surface area contributed by atoms with Crippen LogP contribution in [0.15, 0.2) is 18.2 Å². The molecule has 0 fully saturated rings. The van der Waals surface area contributed by atoms with Gasteiger partial charge in [-0.1, -0.05) is 6.92 Å². The van der Waals surface area contributed by atoms with E-state index in [0.717, 1.165) is 29.5 Å². The highest BCUT2D eigenvalue weighted by Gasteiger charge is 2.23. The number of hydrogen-bond acceptors (Lipinski definition) is 4. The van der Waals surface area contributed by atoms with Crippen molar-refractivity contribution in [2.45, 2.75) is 20.3 Å². The second-order valence-electron chi connectivity index (χ2n) is 4.35. The Labute approximate surface area is 125 Å². The van der Waals surface area contributed by atoms with Crippen molar-refractivity contribution in [1.29, 1.82) is 0 Å². The Morgan fingerprint density at radius 2 is 2.05 bits per heavy atom. The van der Waals surface area contributed by atoms with Crippen molar-refractivity contribution in [2.24, 2.45) is 0 Å². The van der Waals surface area contributed by atoms with E-state index < -0.39 is 17.6 Å². The summed E-state index contributed by atoms with van der Waals surface area (Å²) in [5, 5.41) is 0. The molecule has 0 saturated heterocycles. The van der Waals surface area contributed by atoms with Gasteiger partial charge in [0.2, 0.25) is 0 Å². The van der Waals surface area contributed by atoms with Crippen LogP contribution < -0.4 is 5.73 Å². The number of thiophene rings is 1. The highest BCUT2D eigenvalue weighted by atomic mass is 32.1. The molecule has 3 nitrogen and oxygen atoms in total. The molecule has 0 aliphatic heterocycles. The molecule has 2 rings (SSSR count). The average molecular weight is 311 g/mol. The summed E-state index contributed by atoms with van der Waals surface area (Å²) in [4.78, 5) is 12.6. The molecule has 21 heavy (non-hydrogen) atoms. The summed E-state index contributed by atoms with van der Waals surface area (Å²) in [7, 11) is 0. The highest BCUT2D eigenvalue weighted by Crippen LogP contribution is 2.40. The number of esters is 1. The van der Waals surface area contributed by atoms with Crippen LogP contribution in [0.4, 0.5) is 14.5 Å². The van der Waals surface area contributed by atoms with Crippen molar-refractivity contribution in [3.8, 4) is 10.4 Å². The van der Waals surface area contributed by atoms with Crippen LogP contribution >= 0.6 is 11.3 Å². The zero-order valence-electron chi connectivity index (χ0n) is 11.7. The third-order valence-electron chi connectivity index (χ3n) is 3.04. The molecule has 0 bridgehead atoms. The smallest absolute Gasteiger partial charge is 0.350 e. The summed E-state index contributed by atoms with van der Waals surface area (Å²) in [5.41, 5.74) is 6.98. The van der Waals surface area contributed by atoms with Crippen molar-refractivity contribution >= 4 is 23.0 Å². The van der Waals surface area contributed by atoms with E-state index in [1.807, 2.05) is 6.92 Å². The zero-order valence-corrected chi connectivity index (χ0v) is 12.5. The number of benzene rings is 1. The SMILES string of the molecule is CCOC(=O)c1sc(-c2cc(F)ccc2F)c(CC)c1N. The number of nitrogens with two attached hydrogens (primary N) is 1. The summed E-state index contributed by atoms with van der Waals surface area (Å²) in [6.45, 7) is 3.75. The van der Waals surface area contributed by atoms with Crippen molar-refractivity contribution < 1.29 is 18.3 Å². The number of rotatable bonds is 4. The first-order valence-electron chi connectivity index (χ1n) is 6.53. The monoisotopic (exact) mass is 311 g/mol. The van der Waals surface area contributed by atoms with E-state index in [-0.39, 0.29) is 22.7 Å². The molecular formula is C15H15F2NO2S. The summed E-state index contributed by atoms with van der Waals surface area (Å²) in [6.07, 6.45) is 0.507. The number of hydrogen-bond donors (Lipinski definition) is 1. The first kappa shape index (κ1) is 15.4. The van der Waals surface area contributed by atoms with Crippen molar-refractivity contribution in [1.82, 2.24) is 0 Å². The van der Waals surface area contributed by atoms with E-state index in [0.29, 0.717) is 16.9 Å². The number of halogens is 2. The van der Waals surface area contributed by atoms with Gasteiger partial charge in [-0.2, -0.15) is 0 Å². The molecule has 6 heteroatoms. The summed E-state index contributed by atoms with van der Waals surface area (Å²) in [5.74, 6) is -1.64. The fraction of sp³-hybridized carbons (Fsp3) is 0.267. The minimum absolute atomic E-state index is 0.110. The Kier molecular flexibility index (Phi) is 4.57. The first-order valence-corrected chi connectivity index (χ1v) is 7.34. The Bertz CT molecular complexity index is 683. The van der Waals surface area contributed by atoms with Crippen LogP contribution in [0.25, 0.3) is 10.4 Å². The quantitative estimate of drug-likeness (QED) is 0.868. The molecule has 1 heterocycles. The fourth-order valence-electron chi connectivity index (χ4n) is 2.07. The number of nitrogen functional groups attached to an aromatic ring is 1. The molecule has 2 aromatic rings. The molecule has 0 radical (unpaired) electrons. The molecule has 0 atom stereocenters. The van der Waals surface area contributed by atoms with E-state index in [1.165, 1.54) is 0 Å². The molecule has 1 aromatic heterocycles. The van der Waals surface area contributed by atoms with E-state index in [1.54, 1.807) is 6.92 Å². The lowest BCUT2D eigenvalue weighted by Gasteiger charge is -2.04. The van der Waals surface area contributed by atoms with Gasteiger partial charge in [0.25, 0.3) is 0 Å². The van der Waals surface area contributed by atoms with Crippen LogP contribution in [0.2, 0.25) is 0 Å². The molecule has 0 amide bonds. The molecule has 1 aromatic carbocycles. The lowest BCUT2D eigenvalue weighted by atomic mass is 10.1. The second kappa shape index (κ2) is 6.22. The zero-order chi connectivity index (χ0) is 15.6. The molecule has 0 spiro atoms. The van der Waals surface area contributed by atoms with Gasteiger partial charge in [-0.15, -0.1) is 11.3 Å². The number of carbonyl (C=O) groups is 1. The first-order chi connectivity index (χ1) is 9.99. The van der Waals surface area contributed by atoms with Crippen LogP contribution in [-0.4, -0.2) is 12.6 Å². The minimum atomic E-state index is -0.553. The van der Waals surface area contributed by atoms with Gasteiger partial charge in [0.1, 0.15) is 16.5 Å². The second-order valence-corrected chi connectivity index (χ2v) is 5.37. The van der Waals surface area contributed by atoms with Crippen molar-refractivity contribution in [3.05, 3.63) is 40.3 Å². The Balaban J connectivity index is 2.61. The number of carbonyl (C=O) groups excluding carboxylic acids is 1. The molecule has 0 aliphatic carbocycles. The van der Waals surface area contributed by atoms with E-state index in [2.05, 4.69) is 0 Å². The van der Waals surface area contributed by atoms with E-state index >= 15 is 0 Å². The van der Waals surface area contributed by atoms with E-state index in [4.69, 9.17) is 10.5 Å². The molecule has 2 N–H and O–H groups in total. The summed E-state index contributed by atoms with van der Waals surface area (Å²) in [6, 6.07) is 3.21. The van der Waals surface area contributed by atoms with Gasteiger partial charge in [-0.3, -0.25) is 0 Å². The lowest BCUT2D eigenvalue weighted by Crippen LogP contribution is -2.05. The fourth-order valence-corrected chi connectivity index (χ4v) is 3.29. The summed E-state index contributed by atoms with van der Waals surface area (Å²) < 4.78 is 32.3. The number of anilines is 1. The molecular weight excluding hydrogens is 296 g/mol. The molecule has 0 unspecified atom stereocenters. The maximum absolute atomic E-state index is 13.9. The normalized spacial score (nSPS) is 10.7. The molecule has 0 saturated carbocycles. The van der Waals surface area contributed by atoms with Crippen LogP contribution in [-0.2, 0) is 11.2 Å². The van der Waals surface area contributed by atoms with Crippen molar-refractivity contribution in [3.63, 3.8) is 0 Å². The Morgan fingerprint density at radius 3 is 2.67 bits per heavy atom. The van der Waals surface area contributed by atoms with Gasteiger partial charge in [-0.05, 0) is 37.1 Å². The van der Waals surface area contributed by atoms with Crippen LogP contribution in [0.5, 0.6) is 0 Å². The van der Waals surface area contributed by atoms with Crippen molar-refractivity contribution in [2.75, 3.05) is 12.3 Å². The van der Waals surface area contributed by atoms with Gasteiger partial charge < -0.3 is 10.5 Å². The van der Waals surface area contributed by atoms with E-state index in [9.17, 15) is 13.6 Å². The Hall–Kier alpha value is -1.95. The predicted molar refractivity (Wildman–Crippen MR) is 79.4 cm³/mol. The topological polar surface area (TPSA) is 52.3 Å². The van der Waals surface area contributed by atoms with Gasteiger partial charge in [-0.25, -0.2) is 13.6 Å². The molecule has 112 valence electrons.